The van der Waals surface area contributed by atoms with Crippen molar-refractivity contribution in [2.75, 3.05) is 19.5 Å². The molecule has 0 aliphatic carbocycles. The van der Waals surface area contributed by atoms with Crippen molar-refractivity contribution in [2.45, 2.75) is 0 Å². The topological polar surface area (TPSA) is 65.5 Å². The van der Waals surface area contributed by atoms with E-state index in [0.29, 0.717) is 17.3 Å². The van der Waals surface area contributed by atoms with Crippen LogP contribution in [0.5, 0.6) is 23.0 Å². The van der Waals surface area contributed by atoms with E-state index < -0.39 is 0 Å². The third-order valence-corrected chi connectivity index (χ3v) is 5.21. The molecule has 0 saturated carbocycles. The summed E-state index contributed by atoms with van der Waals surface area (Å²) in [6.45, 7) is 0. The molecule has 0 fully saturated rings. The Morgan fingerprint density at radius 3 is 2.19 bits per heavy atom. The van der Waals surface area contributed by atoms with Gasteiger partial charge in [-0.1, -0.05) is 30.3 Å². The first-order valence-corrected chi connectivity index (χ1v) is 10.1. The number of rotatable bonds is 6. The Morgan fingerprint density at radius 1 is 0.688 bits per heavy atom. The number of hydrogen-bond acceptors (Lipinski definition) is 6. The number of nitrogens with one attached hydrogen (secondary N) is 1. The first-order chi connectivity index (χ1) is 15.7. The van der Waals surface area contributed by atoms with Crippen LogP contribution in [0.4, 0.5) is 11.5 Å². The molecule has 1 heterocycles. The van der Waals surface area contributed by atoms with Gasteiger partial charge in [-0.25, -0.2) is 9.97 Å². The summed E-state index contributed by atoms with van der Waals surface area (Å²) in [5, 5.41) is 6.51. The van der Waals surface area contributed by atoms with Gasteiger partial charge in [0.25, 0.3) is 0 Å². The summed E-state index contributed by atoms with van der Waals surface area (Å²) >= 11 is 0. The molecule has 4 aromatic carbocycles. The highest BCUT2D eigenvalue weighted by atomic mass is 16.5. The van der Waals surface area contributed by atoms with Gasteiger partial charge in [-0.2, -0.15) is 0 Å². The Kier molecular flexibility index (Phi) is 5.17. The smallest absolute Gasteiger partial charge is 0.162 e. The van der Waals surface area contributed by atoms with Crippen LogP contribution in [0.2, 0.25) is 0 Å². The second kappa shape index (κ2) is 8.43. The van der Waals surface area contributed by atoms with Crippen LogP contribution in [0.25, 0.3) is 21.7 Å². The van der Waals surface area contributed by atoms with Gasteiger partial charge in [-0.3, -0.25) is 0 Å². The number of hydrogen-bond donors (Lipinski definition) is 1. The summed E-state index contributed by atoms with van der Waals surface area (Å²) < 4.78 is 16.8. The van der Waals surface area contributed by atoms with Crippen LogP contribution in [0.3, 0.4) is 0 Å². The van der Waals surface area contributed by atoms with E-state index in [1.54, 1.807) is 14.2 Å². The van der Waals surface area contributed by atoms with Gasteiger partial charge in [-0.15, -0.1) is 0 Å². The van der Waals surface area contributed by atoms with Crippen molar-refractivity contribution >= 4 is 33.2 Å². The van der Waals surface area contributed by atoms with Crippen LogP contribution in [-0.4, -0.2) is 24.2 Å². The van der Waals surface area contributed by atoms with Gasteiger partial charge in [0.1, 0.15) is 23.6 Å². The van der Waals surface area contributed by atoms with E-state index in [-0.39, 0.29) is 0 Å². The van der Waals surface area contributed by atoms with Gasteiger partial charge in [0, 0.05) is 17.1 Å². The van der Waals surface area contributed by atoms with Crippen LogP contribution < -0.4 is 19.5 Å². The molecule has 0 bridgehead atoms. The summed E-state index contributed by atoms with van der Waals surface area (Å²) in [5.41, 5.74) is 1.64. The minimum absolute atomic E-state index is 0.622. The molecule has 0 aliphatic rings. The number of methoxy groups -OCH3 is 2. The molecule has 0 atom stereocenters. The normalized spacial score (nSPS) is 10.8. The third kappa shape index (κ3) is 3.86. The van der Waals surface area contributed by atoms with E-state index in [1.807, 2.05) is 60.7 Å². The van der Waals surface area contributed by atoms with Gasteiger partial charge >= 0.3 is 0 Å². The lowest BCUT2D eigenvalue weighted by Crippen LogP contribution is -1.98. The van der Waals surface area contributed by atoms with Crippen LogP contribution in [-0.2, 0) is 0 Å². The Morgan fingerprint density at radius 2 is 1.41 bits per heavy atom. The van der Waals surface area contributed by atoms with Crippen LogP contribution in [0, 0.1) is 0 Å². The number of fused-ring (bicyclic) bond motifs is 2. The summed E-state index contributed by atoms with van der Waals surface area (Å²) in [4.78, 5) is 8.75. The molecule has 158 valence electrons. The molecule has 0 amide bonds. The zero-order valence-corrected chi connectivity index (χ0v) is 17.7. The molecule has 0 radical (unpaired) electrons. The largest absolute Gasteiger partial charge is 0.493 e. The molecule has 5 aromatic rings. The standard InChI is InChI=1S/C26H21N3O3/c1-30-24-14-22-23(15-25(24)31-2)27-16-28-26(22)29-19-8-11-20(12-9-19)32-21-10-7-17-5-3-4-6-18(17)13-21/h3-16H,1-2H3,(H,27,28,29). The molecular formula is C26H21N3O3. The van der Waals surface area contributed by atoms with Crippen molar-refractivity contribution in [1.82, 2.24) is 9.97 Å². The maximum Gasteiger partial charge on any atom is 0.162 e. The lowest BCUT2D eigenvalue weighted by atomic mass is 10.1. The molecule has 1 N–H and O–H groups in total. The van der Waals surface area contributed by atoms with Gasteiger partial charge < -0.3 is 19.5 Å². The van der Waals surface area contributed by atoms with E-state index >= 15 is 0 Å². The average Bonchev–Trinajstić information content (AvgIpc) is 2.84. The van der Waals surface area contributed by atoms with Crippen LogP contribution >= 0.6 is 0 Å². The summed E-state index contributed by atoms with van der Waals surface area (Å²) in [6, 6.07) is 25.7. The Balaban J connectivity index is 1.38. The fraction of sp³-hybridized carbons (Fsp3) is 0.0769. The molecular weight excluding hydrogens is 402 g/mol. The zero-order valence-electron chi connectivity index (χ0n) is 17.7. The van der Waals surface area contributed by atoms with Gasteiger partial charge in [0.05, 0.1) is 19.7 Å². The average molecular weight is 423 g/mol. The zero-order chi connectivity index (χ0) is 21.9. The fourth-order valence-corrected chi connectivity index (χ4v) is 3.59. The molecule has 0 aliphatic heterocycles. The fourth-order valence-electron chi connectivity index (χ4n) is 3.59. The summed E-state index contributed by atoms with van der Waals surface area (Å²) in [6.07, 6.45) is 1.52. The van der Waals surface area contributed by atoms with E-state index in [2.05, 4.69) is 33.5 Å². The van der Waals surface area contributed by atoms with Crippen molar-refractivity contribution in [3.8, 4) is 23.0 Å². The van der Waals surface area contributed by atoms with Crippen molar-refractivity contribution in [1.29, 1.82) is 0 Å². The molecule has 0 spiro atoms. The first-order valence-electron chi connectivity index (χ1n) is 10.1. The van der Waals surface area contributed by atoms with E-state index in [1.165, 1.54) is 11.7 Å². The van der Waals surface area contributed by atoms with E-state index in [9.17, 15) is 0 Å². The molecule has 6 nitrogen and oxygen atoms in total. The second-order valence-electron chi connectivity index (χ2n) is 7.21. The molecule has 0 saturated heterocycles. The van der Waals surface area contributed by atoms with E-state index in [4.69, 9.17) is 14.2 Å². The lowest BCUT2D eigenvalue weighted by Gasteiger charge is -2.12. The van der Waals surface area contributed by atoms with Crippen molar-refractivity contribution in [3.63, 3.8) is 0 Å². The van der Waals surface area contributed by atoms with Crippen LogP contribution in [0.15, 0.2) is 85.2 Å². The Hall–Kier alpha value is -4.32. The Bertz CT molecular complexity index is 1400. The summed E-state index contributed by atoms with van der Waals surface area (Å²) in [5.74, 6) is 3.48. The Labute approximate surface area is 185 Å². The molecule has 32 heavy (non-hydrogen) atoms. The lowest BCUT2D eigenvalue weighted by molar-refractivity contribution is 0.356. The highest BCUT2D eigenvalue weighted by Gasteiger charge is 2.11. The van der Waals surface area contributed by atoms with Crippen molar-refractivity contribution in [3.05, 3.63) is 85.2 Å². The molecule has 1 aromatic heterocycles. The predicted octanol–water partition coefficient (Wildman–Crippen LogP) is 6.34. The number of aromatic nitrogens is 2. The number of nitrogens with zero attached hydrogens (tertiary/aromatic N) is 2. The van der Waals surface area contributed by atoms with E-state index in [0.717, 1.165) is 33.5 Å². The van der Waals surface area contributed by atoms with Gasteiger partial charge in [0.15, 0.2) is 11.5 Å². The number of anilines is 2. The predicted molar refractivity (Wildman–Crippen MR) is 126 cm³/mol. The highest BCUT2D eigenvalue weighted by Crippen LogP contribution is 2.34. The van der Waals surface area contributed by atoms with Gasteiger partial charge in [-0.05, 0) is 53.2 Å². The SMILES string of the molecule is COc1cc2ncnc(Nc3ccc(Oc4ccc5ccccc5c4)cc3)c2cc1OC. The highest BCUT2D eigenvalue weighted by molar-refractivity contribution is 5.93. The monoisotopic (exact) mass is 423 g/mol. The number of ether oxygens (including phenoxy) is 3. The molecule has 0 unspecified atom stereocenters. The minimum Gasteiger partial charge on any atom is -0.493 e. The summed E-state index contributed by atoms with van der Waals surface area (Å²) in [7, 11) is 3.21. The maximum atomic E-state index is 6.03. The molecule has 5 rings (SSSR count). The quantitative estimate of drug-likeness (QED) is 0.344. The molecule has 6 heteroatoms. The first kappa shape index (κ1) is 19.6. The minimum atomic E-state index is 0.622. The maximum absolute atomic E-state index is 6.03. The van der Waals surface area contributed by atoms with Crippen molar-refractivity contribution in [2.24, 2.45) is 0 Å². The van der Waals surface area contributed by atoms with Crippen molar-refractivity contribution < 1.29 is 14.2 Å². The third-order valence-electron chi connectivity index (χ3n) is 5.21. The number of benzene rings is 4. The van der Waals surface area contributed by atoms with Gasteiger partial charge in [0.2, 0.25) is 0 Å². The van der Waals surface area contributed by atoms with Crippen LogP contribution in [0.1, 0.15) is 0 Å². The second-order valence-corrected chi connectivity index (χ2v) is 7.21.